The molecule has 2 aromatic carbocycles. The summed E-state index contributed by atoms with van der Waals surface area (Å²) in [4.78, 5) is 12.8. The molecule has 2 heterocycles. The van der Waals surface area contributed by atoms with Gasteiger partial charge in [-0.05, 0) is 35.4 Å². The number of hydrogen-bond acceptors (Lipinski definition) is 5. The SMILES string of the molecule is N#Cc1cnc(N2CCN(C(c3ccc(F)cc3)c3ccc(F)cc3)CC2)cn1. The molecule has 146 valence electrons. The molecule has 0 amide bonds. The predicted molar refractivity (Wildman–Crippen MR) is 105 cm³/mol. The molecule has 0 atom stereocenters. The smallest absolute Gasteiger partial charge is 0.158 e. The lowest BCUT2D eigenvalue weighted by molar-refractivity contribution is 0.212. The minimum Gasteiger partial charge on any atom is -0.353 e. The maximum absolute atomic E-state index is 13.4. The molecule has 1 fully saturated rings. The Morgan fingerprint density at radius 1 is 0.793 bits per heavy atom. The van der Waals surface area contributed by atoms with E-state index in [9.17, 15) is 8.78 Å². The van der Waals surface area contributed by atoms with Crippen molar-refractivity contribution in [3.8, 4) is 6.07 Å². The zero-order chi connectivity index (χ0) is 20.2. The molecule has 1 aliphatic heterocycles. The van der Waals surface area contributed by atoms with Gasteiger partial charge in [0.1, 0.15) is 23.5 Å². The van der Waals surface area contributed by atoms with Gasteiger partial charge in [0.05, 0.1) is 18.4 Å². The third-order valence-corrected chi connectivity index (χ3v) is 5.13. The molecule has 0 bridgehead atoms. The molecule has 0 saturated carbocycles. The molecule has 4 rings (SSSR count). The van der Waals surface area contributed by atoms with Crippen molar-refractivity contribution < 1.29 is 8.78 Å². The highest BCUT2D eigenvalue weighted by atomic mass is 19.1. The summed E-state index contributed by atoms with van der Waals surface area (Å²) >= 11 is 0. The van der Waals surface area contributed by atoms with Crippen molar-refractivity contribution in [3.05, 3.63) is 89.4 Å². The number of anilines is 1. The molecule has 1 saturated heterocycles. The molecule has 0 aliphatic carbocycles. The van der Waals surface area contributed by atoms with Crippen molar-refractivity contribution >= 4 is 5.82 Å². The van der Waals surface area contributed by atoms with Gasteiger partial charge >= 0.3 is 0 Å². The van der Waals surface area contributed by atoms with E-state index in [2.05, 4.69) is 19.8 Å². The fourth-order valence-electron chi connectivity index (χ4n) is 3.66. The van der Waals surface area contributed by atoms with E-state index < -0.39 is 0 Å². The molecular formula is C22H19F2N5. The lowest BCUT2D eigenvalue weighted by atomic mass is 9.96. The third-order valence-electron chi connectivity index (χ3n) is 5.13. The Morgan fingerprint density at radius 2 is 1.34 bits per heavy atom. The second kappa shape index (κ2) is 8.33. The maximum atomic E-state index is 13.4. The summed E-state index contributed by atoms with van der Waals surface area (Å²) < 4.78 is 26.9. The lowest BCUT2D eigenvalue weighted by Crippen LogP contribution is -2.48. The fourth-order valence-corrected chi connectivity index (χ4v) is 3.66. The van der Waals surface area contributed by atoms with Crippen LogP contribution in [0.4, 0.5) is 14.6 Å². The number of hydrogen-bond donors (Lipinski definition) is 0. The van der Waals surface area contributed by atoms with E-state index in [0.717, 1.165) is 43.1 Å². The molecule has 5 nitrogen and oxygen atoms in total. The quantitative estimate of drug-likeness (QED) is 0.681. The van der Waals surface area contributed by atoms with Crippen LogP contribution in [0.25, 0.3) is 0 Å². The van der Waals surface area contributed by atoms with Crippen molar-refractivity contribution in [2.45, 2.75) is 6.04 Å². The Morgan fingerprint density at radius 3 is 1.79 bits per heavy atom. The van der Waals surface area contributed by atoms with Crippen LogP contribution in [-0.2, 0) is 0 Å². The summed E-state index contributed by atoms with van der Waals surface area (Å²) in [6.07, 6.45) is 3.09. The number of halogens is 2. The number of rotatable bonds is 4. The van der Waals surface area contributed by atoms with Crippen molar-refractivity contribution in [3.63, 3.8) is 0 Å². The highest BCUT2D eigenvalue weighted by Gasteiger charge is 2.27. The number of benzene rings is 2. The predicted octanol–water partition coefficient (Wildman–Crippen LogP) is 3.54. The van der Waals surface area contributed by atoms with Gasteiger partial charge in [0, 0.05) is 26.2 Å². The Labute approximate surface area is 167 Å². The molecule has 0 spiro atoms. The van der Waals surface area contributed by atoms with Gasteiger partial charge in [-0.2, -0.15) is 5.26 Å². The lowest BCUT2D eigenvalue weighted by Gasteiger charge is -2.40. The van der Waals surface area contributed by atoms with Crippen LogP contribution in [0.3, 0.4) is 0 Å². The largest absolute Gasteiger partial charge is 0.353 e. The van der Waals surface area contributed by atoms with Crippen LogP contribution >= 0.6 is 0 Å². The summed E-state index contributed by atoms with van der Waals surface area (Å²) in [5, 5.41) is 8.87. The zero-order valence-electron chi connectivity index (χ0n) is 15.7. The van der Waals surface area contributed by atoms with E-state index in [1.807, 2.05) is 6.07 Å². The van der Waals surface area contributed by atoms with Gasteiger partial charge in [0.25, 0.3) is 0 Å². The van der Waals surface area contributed by atoms with Gasteiger partial charge in [0.2, 0.25) is 0 Å². The normalized spacial score (nSPS) is 14.8. The van der Waals surface area contributed by atoms with Crippen LogP contribution < -0.4 is 4.90 Å². The Kier molecular flexibility index (Phi) is 5.45. The first-order valence-electron chi connectivity index (χ1n) is 9.36. The van der Waals surface area contributed by atoms with E-state index in [1.165, 1.54) is 30.5 Å². The number of nitriles is 1. The summed E-state index contributed by atoms with van der Waals surface area (Å²) in [6, 6.07) is 14.8. The molecule has 0 unspecified atom stereocenters. The summed E-state index contributed by atoms with van der Waals surface area (Å²) in [6.45, 7) is 2.97. The summed E-state index contributed by atoms with van der Waals surface area (Å²) in [5.41, 5.74) is 2.22. The van der Waals surface area contributed by atoms with E-state index in [0.29, 0.717) is 5.69 Å². The average molecular weight is 391 g/mol. The molecule has 0 N–H and O–H groups in total. The molecule has 1 aliphatic rings. The van der Waals surface area contributed by atoms with Gasteiger partial charge in [0.15, 0.2) is 5.69 Å². The van der Waals surface area contributed by atoms with E-state index in [4.69, 9.17) is 5.26 Å². The van der Waals surface area contributed by atoms with Gasteiger partial charge in [-0.3, -0.25) is 4.90 Å². The second-order valence-electron chi connectivity index (χ2n) is 6.90. The van der Waals surface area contributed by atoms with Crippen molar-refractivity contribution in [2.24, 2.45) is 0 Å². The first-order chi connectivity index (χ1) is 14.1. The van der Waals surface area contributed by atoms with Crippen molar-refractivity contribution in [1.82, 2.24) is 14.9 Å². The van der Waals surface area contributed by atoms with Crippen LogP contribution in [0.2, 0.25) is 0 Å². The fraction of sp³-hybridized carbons (Fsp3) is 0.227. The first-order valence-corrected chi connectivity index (χ1v) is 9.36. The molecule has 29 heavy (non-hydrogen) atoms. The number of aromatic nitrogens is 2. The Hall–Kier alpha value is -3.37. The first kappa shape index (κ1) is 19.0. The highest BCUT2D eigenvalue weighted by molar-refractivity contribution is 5.39. The van der Waals surface area contributed by atoms with Crippen molar-refractivity contribution in [2.75, 3.05) is 31.1 Å². The monoisotopic (exact) mass is 391 g/mol. The van der Waals surface area contributed by atoms with Gasteiger partial charge in [-0.1, -0.05) is 24.3 Å². The minimum absolute atomic E-state index is 0.0922. The zero-order valence-corrected chi connectivity index (χ0v) is 15.7. The van der Waals surface area contributed by atoms with Gasteiger partial charge in [-0.15, -0.1) is 0 Å². The van der Waals surface area contributed by atoms with E-state index >= 15 is 0 Å². The van der Waals surface area contributed by atoms with E-state index in [-0.39, 0.29) is 17.7 Å². The Balaban J connectivity index is 1.55. The van der Waals surface area contributed by atoms with Gasteiger partial charge < -0.3 is 4.90 Å². The molecule has 0 radical (unpaired) electrons. The van der Waals surface area contributed by atoms with Crippen LogP contribution in [0.5, 0.6) is 0 Å². The van der Waals surface area contributed by atoms with E-state index in [1.54, 1.807) is 30.5 Å². The molecular weight excluding hydrogens is 372 g/mol. The summed E-state index contributed by atoms with van der Waals surface area (Å²) in [7, 11) is 0. The van der Waals surface area contributed by atoms with Crippen LogP contribution in [0.1, 0.15) is 22.9 Å². The highest BCUT2D eigenvalue weighted by Crippen LogP contribution is 2.30. The summed E-state index contributed by atoms with van der Waals surface area (Å²) in [5.74, 6) is 0.176. The Bertz CT molecular complexity index is 944. The van der Waals surface area contributed by atoms with Gasteiger partial charge in [-0.25, -0.2) is 18.7 Å². The number of nitrogens with zero attached hydrogens (tertiary/aromatic N) is 5. The van der Waals surface area contributed by atoms with Crippen molar-refractivity contribution in [1.29, 1.82) is 5.26 Å². The molecule has 3 aromatic rings. The maximum Gasteiger partial charge on any atom is 0.158 e. The molecule has 1 aromatic heterocycles. The van der Waals surface area contributed by atoms with Crippen LogP contribution in [-0.4, -0.2) is 41.0 Å². The second-order valence-corrected chi connectivity index (χ2v) is 6.90. The van der Waals surface area contributed by atoms with Crippen LogP contribution in [0, 0.1) is 23.0 Å². The third kappa shape index (κ3) is 4.23. The average Bonchev–Trinajstić information content (AvgIpc) is 2.77. The standard InChI is InChI=1S/C22H19F2N5/c23-18-5-1-16(2-6-18)22(17-3-7-19(24)8-4-17)29-11-9-28(10-12-29)21-15-26-20(13-25)14-27-21/h1-8,14-15,22H,9-12H2. The van der Waals surface area contributed by atoms with Crippen LogP contribution in [0.15, 0.2) is 60.9 Å². The topological polar surface area (TPSA) is 56.1 Å². The minimum atomic E-state index is -0.282. The number of piperazine rings is 1. The molecule has 7 heteroatoms.